The number of nitrogens with one attached hydrogen (secondary N) is 1. The lowest BCUT2D eigenvalue weighted by atomic mass is 10.3. The van der Waals surface area contributed by atoms with E-state index in [9.17, 15) is 0 Å². The first-order valence-electron chi connectivity index (χ1n) is 4.69. The molecule has 2 nitrogen and oxygen atoms in total. The Labute approximate surface area is 93.9 Å². The third kappa shape index (κ3) is 2.70. The molecule has 1 aromatic carbocycles. The van der Waals surface area contributed by atoms with E-state index >= 15 is 0 Å². The van der Waals surface area contributed by atoms with Crippen LogP contribution in [0.1, 0.15) is 5.56 Å². The normalized spacial score (nSPS) is 10.0. The van der Waals surface area contributed by atoms with Crippen molar-refractivity contribution in [3.63, 3.8) is 0 Å². The van der Waals surface area contributed by atoms with E-state index in [1.807, 2.05) is 49.5 Å². The second kappa shape index (κ2) is 4.32. The molecule has 0 fully saturated rings. The van der Waals surface area contributed by atoms with Crippen molar-refractivity contribution in [2.45, 2.75) is 6.92 Å². The van der Waals surface area contributed by atoms with Gasteiger partial charge >= 0.3 is 0 Å². The van der Waals surface area contributed by atoms with Crippen LogP contribution < -0.4 is 5.32 Å². The summed E-state index contributed by atoms with van der Waals surface area (Å²) in [6.07, 6.45) is 1.83. The highest BCUT2D eigenvalue weighted by Crippen LogP contribution is 2.18. The van der Waals surface area contributed by atoms with Crippen LogP contribution in [0.15, 0.2) is 42.6 Å². The van der Waals surface area contributed by atoms with Gasteiger partial charge in [0.15, 0.2) is 0 Å². The summed E-state index contributed by atoms with van der Waals surface area (Å²) in [6, 6.07) is 11.5. The second-order valence-electron chi connectivity index (χ2n) is 3.36. The molecule has 2 rings (SSSR count). The minimum absolute atomic E-state index is 0.715. The van der Waals surface area contributed by atoms with E-state index in [1.54, 1.807) is 0 Å². The molecule has 3 heteroatoms. The number of pyridine rings is 1. The number of hydrogen-bond donors (Lipinski definition) is 1. The van der Waals surface area contributed by atoms with E-state index in [2.05, 4.69) is 10.3 Å². The first-order valence-corrected chi connectivity index (χ1v) is 5.07. The molecule has 0 atom stereocenters. The predicted molar refractivity (Wildman–Crippen MR) is 63.7 cm³/mol. The molecule has 0 aliphatic carbocycles. The summed E-state index contributed by atoms with van der Waals surface area (Å²) >= 11 is 5.88. The zero-order chi connectivity index (χ0) is 10.7. The zero-order valence-corrected chi connectivity index (χ0v) is 9.12. The van der Waals surface area contributed by atoms with Crippen molar-refractivity contribution in [3.8, 4) is 0 Å². The van der Waals surface area contributed by atoms with Crippen molar-refractivity contribution in [2.24, 2.45) is 0 Å². The number of rotatable bonds is 2. The average molecular weight is 219 g/mol. The lowest BCUT2D eigenvalue weighted by molar-refractivity contribution is 1.26. The summed E-state index contributed by atoms with van der Waals surface area (Å²) in [7, 11) is 0. The highest BCUT2D eigenvalue weighted by atomic mass is 35.5. The van der Waals surface area contributed by atoms with Gasteiger partial charge in [0, 0.05) is 16.9 Å². The molecule has 0 saturated heterocycles. The van der Waals surface area contributed by atoms with Crippen molar-refractivity contribution in [3.05, 3.63) is 53.2 Å². The van der Waals surface area contributed by atoms with Crippen molar-refractivity contribution in [1.29, 1.82) is 0 Å². The van der Waals surface area contributed by atoms with Gasteiger partial charge < -0.3 is 5.32 Å². The maximum atomic E-state index is 5.88. The van der Waals surface area contributed by atoms with E-state index < -0.39 is 0 Å². The summed E-state index contributed by atoms with van der Waals surface area (Å²) in [5.74, 6) is 0.822. The molecule has 1 aromatic heterocycles. The fraction of sp³-hybridized carbons (Fsp3) is 0.0833. The smallest absolute Gasteiger partial charge is 0.130 e. The van der Waals surface area contributed by atoms with Crippen molar-refractivity contribution in [1.82, 2.24) is 4.98 Å². The van der Waals surface area contributed by atoms with Gasteiger partial charge in [0.05, 0.1) is 0 Å². The van der Waals surface area contributed by atoms with E-state index in [4.69, 9.17) is 11.6 Å². The van der Waals surface area contributed by atoms with Gasteiger partial charge in [-0.05, 0) is 36.8 Å². The van der Waals surface area contributed by atoms with Crippen LogP contribution in [0.3, 0.4) is 0 Å². The Morgan fingerprint density at radius 3 is 2.73 bits per heavy atom. The first kappa shape index (κ1) is 9.99. The minimum Gasteiger partial charge on any atom is -0.340 e. The van der Waals surface area contributed by atoms with Gasteiger partial charge in [0.2, 0.25) is 0 Å². The average Bonchev–Trinajstić information content (AvgIpc) is 2.22. The summed E-state index contributed by atoms with van der Waals surface area (Å²) in [6.45, 7) is 2.01. The Balaban J connectivity index is 2.18. The monoisotopic (exact) mass is 218 g/mol. The molecule has 76 valence electrons. The molecule has 0 spiro atoms. The van der Waals surface area contributed by atoms with Crippen LogP contribution in [0, 0.1) is 6.92 Å². The highest BCUT2D eigenvalue weighted by Gasteiger charge is 1.95. The van der Waals surface area contributed by atoms with Gasteiger partial charge in [0.1, 0.15) is 5.82 Å². The molecule has 0 aliphatic heterocycles. The topological polar surface area (TPSA) is 24.9 Å². The lowest BCUT2D eigenvalue weighted by Gasteiger charge is -2.05. The lowest BCUT2D eigenvalue weighted by Crippen LogP contribution is -1.92. The third-order valence-electron chi connectivity index (χ3n) is 2.01. The fourth-order valence-corrected chi connectivity index (χ4v) is 1.45. The van der Waals surface area contributed by atoms with Gasteiger partial charge in [-0.1, -0.05) is 23.7 Å². The summed E-state index contributed by atoms with van der Waals surface area (Å²) in [4.78, 5) is 4.25. The number of hydrogen-bond acceptors (Lipinski definition) is 2. The number of benzene rings is 1. The third-order valence-corrected chi connectivity index (χ3v) is 2.24. The SMILES string of the molecule is Cc1ccc(Nc2cccc(Cl)c2)nc1. The summed E-state index contributed by atoms with van der Waals surface area (Å²) in [5, 5.41) is 3.89. The van der Waals surface area contributed by atoms with Crippen LogP contribution >= 0.6 is 11.6 Å². The van der Waals surface area contributed by atoms with Crippen LogP contribution in [0.25, 0.3) is 0 Å². The maximum Gasteiger partial charge on any atom is 0.130 e. The van der Waals surface area contributed by atoms with E-state index in [0.717, 1.165) is 17.1 Å². The van der Waals surface area contributed by atoms with E-state index in [-0.39, 0.29) is 0 Å². The van der Waals surface area contributed by atoms with E-state index in [0.29, 0.717) is 5.02 Å². The molecule has 15 heavy (non-hydrogen) atoms. The van der Waals surface area contributed by atoms with Crippen molar-refractivity contribution < 1.29 is 0 Å². The molecule has 1 N–H and O–H groups in total. The number of aromatic nitrogens is 1. The Hall–Kier alpha value is -1.54. The molecule has 0 saturated carbocycles. The molecular weight excluding hydrogens is 208 g/mol. The molecular formula is C12H11ClN2. The maximum absolute atomic E-state index is 5.88. The number of halogens is 1. The van der Waals surface area contributed by atoms with E-state index in [1.165, 1.54) is 0 Å². The number of anilines is 2. The van der Waals surface area contributed by atoms with Crippen molar-refractivity contribution >= 4 is 23.1 Å². The Morgan fingerprint density at radius 2 is 2.07 bits per heavy atom. The van der Waals surface area contributed by atoms with Gasteiger partial charge in [0.25, 0.3) is 0 Å². The van der Waals surface area contributed by atoms with Crippen LogP contribution in [0.4, 0.5) is 11.5 Å². The fourth-order valence-electron chi connectivity index (χ4n) is 1.26. The van der Waals surface area contributed by atoms with Crippen LogP contribution in [0.5, 0.6) is 0 Å². The highest BCUT2D eigenvalue weighted by molar-refractivity contribution is 6.30. The Morgan fingerprint density at radius 1 is 1.20 bits per heavy atom. The minimum atomic E-state index is 0.715. The molecule has 0 bridgehead atoms. The first-order chi connectivity index (χ1) is 7.24. The standard InChI is InChI=1S/C12H11ClN2/c1-9-5-6-12(14-8-9)15-11-4-2-3-10(13)7-11/h2-8H,1H3,(H,14,15). The molecule has 0 unspecified atom stereocenters. The Kier molecular flexibility index (Phi) is 2.88. The molecule has 2 aromatic rings. The summed E-state index contributed by atoms with van der Waals surface area (Å²) < 4.78 is 0. The van der Waals surface area contributed by atoms with Gasteiger partial charge in [-0.2, -0.15) is 0 Å². The van der Waals surface area contributed by atoms with Crippen LogP contribution in [-0.2, 0) is 0 Å². The predicted octanol–water partition coefficient (Wildman–Crippen LogP) is 3.79. The zero-order valence-electron chi connectivity index (χ0n) is 8.37. The molecule has 0 amide bonds. The Bertz CT molecular complexity index is 451. The van der Waals surface area contributed by atoms with Crippen LogP contribution in [0.2, 0.25) is 5.02 Å². The second-order valence-corrected chi connectivity index (χ2v) is 3.79. The number of nitrogens with zero attached hydrogens (tertiary/aromatic N) is 1. The van der Waals surface area contributed by atoms with Crippen molar-refractivity contribution in [2.75, 3.05) is 5.32 Å². The number of aryl methyl sites for hydroxylation is 1. The molecule has 0 aliphatic rings. The van der Waals surface area contributed by atoms with Gasteiger partial charge in [-0.3, -0.25) is 0 Å². The van der Waals surface area contributed by atoms with Gasteiger partial charge in [-0.25, -0.2) is 4.98 Å². The largest absolute Gasteiger partial charge is 0.340 e. The quantitative estimate of drug-likeness (QED) is 0.830. The van der Waals surface area contributed by atoms with Gasteiger partial charge in [-0.15, -0.1) is 0 Å². The van der Waals surface area contributed by atoms with Crippen LogP contribution in [-0.4, -0.2) is 4.98 Å². The molecule has 1 heterocycles. The molecule has 0 radical (unpaired) electrons. The summed E-state index contributed by atoms with van der Waals surface area (Å²) in [5.41, 5.74) is 2.09.